The second-order valence-electron chi connectivity index (χ2n) is 3.70. The van der Waals surface area contributed by atoms with Crippen molar-refractivity contribution in [1.82, 2.24) is 0 Å². The molecule has 0 bridgehead atoms. The van der Waals surface area contributed by atoms with Crippen LogP contribution in [-0.4, -0.2) is 0 Å². The van der Waals surface area contributed by atoms with Crippen LogP contribution in [0.4, 0.5) is 0 Å². The van der Waals surface area contributed by atoms with Gasteiger partial charge in [0.1, 0.15) is 0 Å². The minimum atomic E-state index is 0.696. The first-order valence-electron chi connectivity index (χ1n) is 6.27. The number of aryl methyl sites for hydroxylation is 1. The zero-order valence-corrected chi connectivity index (χ0v) is 13.2. The Morgan fingerprint density at radius 2 is 1.59 bits per heavy atom. The average molecular weight is 268 g/mol. The molecule has 2 heteroatoms. The summed E-state index contributed by atoms with van der Waals surface area (Å²) in [6.45, 7) is 10.6. The van der Waals surface area contributed by atoms with Crippen molar-refractivity contribution in [3.05, 3.63) is 44.8 Å². The molecule has 0 aliphatic carbocycles. The normalized spacial score (nSPS) is 9.06. The molecule has 0 spiro atoms. The maximum absolute atomic E-state index is 2.21. The Balaban J connectivity index is 0.000000265. The van der Waals surface area contributed by atoms with Gasteiger partial charge in [-0.05, 0) is 57.1 Å². The maximum Gasteiger partial charge on any atom is -0.00586 e. The second kappa shape index (κ2) is 10.5. The number of thiophene rings is 2. The van der Waals surface area contributed by atoms with Gasteiger partial charge in [0.25, 0.3) is 0 Å². The van der Waals surface area contributed by atoms with Crippen molar-refractivity contribution in [2.75, 3.05) is 0 Å². The minimum absolute atomic E-state index is 0.696. The first kappa shape index (κ1) is 16.4. The van der Waals surface area contributed by atoms with Crippen LogP contribution >= 0.6 is 22.7 Å². The van der Waals surface area contributed by atoms with Crippen molar-refractivity contribution >= 4 is 22.7 Å². The molecular formula is C15H24S2. The molecule has 0 amide bonds. The largest absolute Gasteiger partial charge is 0.152 e. The van der Waals surface area contributed by atoms with E-state index >= 15 is 0 Å². The van der Waals surface area contributed by atoms with Gasteiger partial charge in [-0.15, -0.1) is 0 Å². The summed E-state index contributed by atoms with van der Waals surface area (Å²) in [7, 11) is 0. The number of rotatable bonds is 2. The molecule has 96 valence electrons. The molecule has 0 fully saturated rings. The summed E-state index contributed by atoms with van der Waals surface area (Å²) in [5.74, 6) is 0.696. The van der Waals surface area contributed by atoms with Crippen molar-refractivity contribution in [3.63, 3.8) is 0 Å². The summed E-state index contributed by atoms with van der Waals surface area (Å²) < 4.78 is 0. The Morgan fingerprint density at radius 3 is 1.82 bits per heavy atom. The molecule has 0 unspecified atom stereocenters. The van der Waals surface area contributed by atoms with Gasteiger partial charge in [0.15, 0.2) is 0 Å². The maximum atomic E-state index is 2.21. The number of hydrogen-bond donors (Lipinski definition) is 0. The molecule has 0 nitrogen and oxygen atoms in total. The van der Waals surface area contributed by atoms with Crippen molar-refractivity contribution < 1.29 is 0 Å². The molecule has 2 aromatic rings. The molecule has 0 saturated heterocycles. The molecule has 0 saturated carbocycles. The lowest BCUT2D eigenvalue weighted by atomic mass is 10.1. The predicted octanol–water partition coefficient (Wildman–Crippen LogP) is 6.21. The smallest absolute Gasteiger partial charge is 0.00586 e. The molecule has 0 N–H and O–H groups in total. The monoisotopic (exact) mass is 268 g/mol. The molecule has 17 heavy (non-hydrogen) atoms. The van der Waals surface area contributed by atoms with Crippen LogP contribution in [0.2, 0.25) is 0 Å². The summed E-state index contributed by atoms with van der Waals surface area (Å²) >= 11 is 3.53. The molecule has 0 radical (unpaired) electrons. The van der Waals surface area contributed by atoms with Gasteiger partial charge < -0.3 is 0 Å². The molecule has 2 rings (SSSR count). The Morgan fingerprint density at radius 1 is 1.00 bits per heavy atom. The highest BCUT2D eigenvalue weighted by atomic mass is 32.1. The first-order valence-corrected chi connectivity index (χ1v) is 8.15. The van der Waals surface area contributed by atoms with Crippen LogP contribution in [0.15, 0.2) is 33.7 Å². The van der Waals surface area contributed by atoms with Gasteiger partial charge in [0, 0.05) is 0 Å². The van der Waals surface area contributed by atoms with Crippen LogP contribution in [0.25, 0.3) is 0 Å². The molecule has 0 atom stereocenters. The Kier molecular flexibility index (Phi) is 10.2. The minimum Gasteiger partial charge on any atom is -0.152 e. The fraction of sp³-hybridized carbons (Fsp3) is 0.467. The van der Waals surface area contributed by atoms with E-state index in [1.165, 1.54) is 17.5 Å². The lowest BCUT2D eigenvalue weighted by Gasteiger charge is -1.96. The van der Waals surface area contributed by atoms with E-state index in [0.717, 1.165) is 0 Å². The Bertz CT molecular complexity index is 331. The van der Waals surface area contributed by atoms with Crippen LogP contribution in [-0.2, 0) is 6.42 Å². The van der Waals surface area contributed by atoms with E-state index < -0.39 is 0 Å². The Labute approximate surface area is 114 Å². The first-order chi connectivity index (χ1) is 8.24. The van der Waals surface area contributed by atoms with Gasteiger partial charge >= 0.3 is 0 Å². The molecule has 0 aliphatic heterocycles. The van der Waals surface area contributed by atoms with E-state index in [4.69, 9.17) is 0 Å². The second-order valence-corrected chi connectivity index (χ2v) is 5.26. The van der Waals surface area contributed by atoms with Crippen molar-refractivity contribution in [1.29, 1.82) is 0 Å². The molecule has 2 heterocycles. The average Bonchev–Trinajstić information content (AvgIpc) is 3.05. The highest BCUT2D eigenvalue weighted by Crippen LogP contribution is 2.16. The quantitative estimate of drug-likeness (QED) is 0.607. The van der Waals surface area contributed by atoms with Gasteiger partial charge in [-0.2, -0.15) is 22.7 Å². The zero-order valence-electron chi connectivity index (χ0n) is 11.6. The van der Waals surface area contributed by atoms with E-state index in [1.54, 1.807) is 22.7 Å². The number of hydrogen-bond acceptors (Lipinski definition) is 2. The lowest BCUT2D eigenvalue weighted by Crippen LogP contribution is -1.79. The van der Waals surface area contributed by atoms with Crippen LogP contribution < -0.4 is 0 Å². The fourth-order valence-corrected chi connectivity index (χ4v) is 2.67. The van der Waals surface area contributed by atoms with Crippen LogP contribution in [0.5, 0.6) is 0 Å². The van der Waals surface area contributed by atoms with Crippen LogP contribution in [0.1, 0.15) is 51.7 Å². The van der Waals surface area contributed by atoms with E-state index in [-0.39, 0.29) is 0 Å². The van der Waals surface area contributed by atoms with Crippen molar-refractivity contribution in [2.45, 2.75) is 47.0 Å². The predicted molar refractivity (Wildman–Crippen MR) is 83.5 cm³/mol. The lowest BCUT2D eigenvalue weighted by molar-refractivity contribution is 0.872. The van der Waals surface area contributed by atoms with E-state index in [0.29, 0.717) is 5.92 Å². The topological polar surface area (TPSA) is 0 Å². The third-order valence-electron chi connectivity index (χ3n) is 2.20. The summed E-state index contributed by atoms with van der Waals surface area (Å²) in [4.78, 5) is 0. The zero-order chi connectivity index (χ0) is 13.1. The third-order valence-corrected chi connectivity index (χ3v) is 3.63. The summed E-state index contributed by atoms with van der Waals surface area (Å²) in [6, 6.07) is 4.33. The van der Waals surface area contributed by atoms with E-state index in [1.807, 2.05) is 13.8 Å². The van der Waals surface area contributed by atoms with Gasteiger partial charge in [0.05, 0.1) is 0 Å². The summed E-state index contributed by atoms with van der Waals surface area (Å²) in [5, 5.41) is 8.61. The molecule has 2 aromatic heterocycles. The van der Waals surface area contributed by atoms with Gasteiger partial charge in [0.2, 0.25) is 0 Å². The standard InChI is InChI=1S/C7H10S.C6H8S.C2H6/c1-6(2)7-3-4-8-5-7;1-2-6-3-4-7-5-6;1-2/h3-6H,1-2H3;3-5H,2H2,1H3;1-2H3. The highest BCUT2D eigenvalue weighted by Gasteiger charge is 1.95. The highest BCUT2D eigenvalue weighted by molar-refractivity contribution is 7.08. The third kappa shape index (κ3) is 7.35. The molecule has 0 aliphatic rings. The Hall–Kier alpha value is -0.600. The van der Waals surface area contributed by atoms with Gasteiger partial charge in [-0.1, -0.05) is 34.6 Å². The van der Waals surface area contributed by atoms with Crippen LogP contribution in [0.3, 0.4) is 0 Å². The van der Waals surface area contributed by atoms with Gasteiger partial charge in [-0.3, -0.25) is 0 Å². The SMILES string of the molecule is CC.CC(C)c1ccsc1.CCc1ccsc1. The van der Waals surface area contributed by atoms with Gasteiger partial charge in [-0.25, -0.2) is 0 Å². The molecular weight excluding hydrogens is 244 g/mol. The molecule has 0 aromatic carbocycles. The van der Waals surface area contributed by atoms with Crippen molar-refractivity contribution in [3.8, 4) is 0 Å². The van der Waals surface area contributed by atoms with E-state index in [9.17, 15) is 0 Å². The summed E-state index contributed by atoms with van der Waals surface area (Å²) in [6.07, 6.45) is 1.17. The summed E-state index contributed by atoms with van der Waals surface area (Å²) in [5.41, 5.74) is 2.90. The van der Waals surface area contributed by atoms with Crippen molar-refractivity contribution in [2.24, 2.45) is 0 Å². The van der Waals surface area contributed by atoms with E-state index in [2.05, 4.69) is 54.4 Å². The fourth-order valence-electron chi connectivity index (χ4n) is 1.10. The van der Waals surface area contributed by atoms with Crippen LogP contribution in [0, 0.1) is 0 Å².